The number of nitrogens with one attached hydrogen (secondary N) is 1. The van der Waals surface area contributed by atoms with Crippen molar-refractivity contribution in [3.8, 4) is 0 Å². The summed E-state index contributed by atoms with van der Waals surface area (Å²) in [5.41, 5.74) is 0.742. The molecule has 10 heteroatoms. The highest BCUT2D eigenvalue weighted by Crippen LogP contribution is 2.33. The molecule has 0 unspecified atom stereocenters. The number of thioether (sulfide) groups is 1. The van der Waals surface area contributed by atoms with Gasteiger partial charge >= 0.3 is 6.18 Å². The highest BCUT2D eigenvalue weighted by atomic mass is 32.2. The fourth-order valence-corrected chi connectivity index (χ4v) is 5.57. The summed E-state index contributed by atoms with van der Waals surface area (Å²) >= 11 is 1.63. The highest BCUT2D eigenvalue weighted by Gasteiger charge is 2.33. The van der Waals surface area contributed by atoms with E-state index in [1.165, 1.54) is 18.2 Å². The van der Waals surface area contributed by atoms with E-state index in [1.54, 1.807) is 30.8 Å². The molecule has 1 amide bonds. The lowest BCUT2D eigenvalue weighted by atomic mass is 10.2. The monoisotopic (exact) mass is 536 g/mol. The van der Waals surface area contributed by atoms with E-state index in [0.717, 1.165) is 40.0 Å². The van der Waals surface area contributed by atoms with Gasteiger partial charge in [0.25, 0.3) is 10.0 Å². The zero-order valence-electron chi connectivity index (χ0n) is 19.9. The van der Waals surface area contributed by atoms with Crippen molar-refractivity contribution < 1.29 is 26.4 Å². The minimum absolute atomic E-state index is 0.118. The summed E-state index contributed by atoms with van der Waals surface area (Å²) in [5, 5.41) is 2.68. The van der Waals surface area contributed by atoms with Gasteiger partial charge in [0.1, 0.15) is 6.54 Å². The van der Waals surface area contributed by atoms with Crippen LogP contribution in [-0.2, 0) is 21.0 Å². The largest absolute Gasteiger partial charge is 0.416 e. The standard InChI is InChI=1S/C26H27F3N2O3S2/c1-19-7-11-23(12-8-19)35-16-4-15-30-25(32)18-31(22-6-3-5-21(17-22)26(27,28)29)36(33,34)24-13-9-20(2)10-14-24/h3,5-14,17H,4,15-16,18H2,1-2H3,(H,30,32). The molecule has 0 spiro atoms. The summed E-state index contributed by atoms with van der Waals surface area (Å²) in [4.78, 5) is 13.7. The SMILES string of the molecule is Cc1ccc(SCCCNC(=O)CN(c2cccc(C(F)(F)F)c2)S(=O)(=O)c2ccc(C)cc2)cc1. The lowest BCUT2D eigenvalue weighted by Gasteiger charge is -2.25. The normalized spacial score (nSPS) is 11.8. The van der Waals surface area contributed by atoms with Crippen LogP contribution in [0.1, 0.15) is 23.1 Å². The number of anilines is 1. The Morgan fingerprint density at radius 2 is 1.56 bits per heavy atom. The lowest BCUT2D eigenvalue weighted by molar-refractivity contribution is -0.137. The van der Waals surface area contributed by atoms with Gasteiger partial charge in [-0.1, -0.05) is 41.5 Å². The van der Waals surface area contributed by atoms with Gasteiger partial charge in [0.2, 0.25) is 5.91 Å². The number of aryl methyl sites for hydroxylation is 2. The van der Waals surface area contributed by atoms with Crippen LogP contribution in [0.4, 0.5) is 18.9 Å². The number of hydrogen-bond acceptors (Lipinski definition) is 4. The molecular weight excluding hydrogens is 509 g/mol. The zero-order chi connectivity index (χ0) is 26.3. The summed E-state index contributed by atoms with van der Waals surface area (Å²) in [7, 11) is -4.30. The van der Waals surface area contributed by atoms with Crippen molar-refractivity contribution in [1.82, 2.24) is 5.32 Å². The van der Waals surface area contributed by atoms with Crippen LogP contribution in [0.25, 0.3) is 0 Å². The minimum Gasteiger partial charge on any atom is -0.354 e. The molecule has 3 rings (SSSR count). The summed E-state index contributed by atoms with van der Waals surface area (Å²) in [6.45, 7) is 3.44. The molecule has 0 heterocycles. The van der Waals surface area contributed by atoms with Gasteiger partial charge in [0, 0.05) is 11.4 Å². The Hall–Kier alpha value is -2.98. The number of nitrogens with zero attached hydrogens (tertiary/aromatic N) is 1. The molecule has 0 saturated carbocycles. The van der Waals surface area contributed by atoms with Gasteiger partial charge in [-0.25, -0.2) is 8.42 Å². The predicted molar refractivity (Wildman–Crippen MR) is 137 cm³/mol. The Balaban J connectivity index is 1.72. The van der Waals surface area contributed by atoms with Crippen molar-refractivity contribution in [3.63, 3.8) is 0 Å². The summed E-state index contributed by atoms with van der Waals surface area (Å²) in [6, 6.07) is 17.9. The molecule has 1 N–H and O–H groups in total. The molecule has 3 aromatic carbocycles. The molecule has 5 nitrogen and oxygen atoms in total. The molecule has 0 atom stereocenters. The highest BCUT2D eigenvalue weighted by molar-refractivity contribution is 7.99. The second-order valence-electron chi connectivity index (χ2n) is 8.24. The fraction of sp³-hybridized carbons (Fsp3) is 0.269. The lowest BCUT2D eigenvalue weighted by Crippen LogP contribution is -2.41. The van der Waals surface area contributed by atoms with Crippen molar-refractivity contribution in [2.45, 2.75) is 36.2 Å². The first kappa shape index (κ1) is 27.6. The van der Waals surface area contributed by atoms with Gasteiger partial charge in [-0.2, -0.15) is 13.2 Å². The smallest absolute Gasteiger partial charge is 0.354 e. The van der Waals surface area contributed by atoms with Crippen LogP contribution >= 0.6 is 11.8 Å². The van der Waals surface area contributed by atoms with Crippen LogP contribution in [0.2, 0.25) is 0 Å². The predicted octanol–water partition coefficient (Wildman–Crippen LogP) is 5.82. The van der Waals surface area contributed by atoms with Gasteiger partial charge in [0.15, 0.2) is 0 Å². The van der Waals surface area contributed by atoms with E-state index in [4.69, 9.17) is 0 Å². The van der Waals surface area contributed by atoms with E-state index in [2.05, 4.69) is 5.32 Å². The van der Waals surface area contributed by atoms with Crippen LogP contribution in [0.5, 0.6) is 0 Å². The second kappa shape index (κ2) is 11.8. The second-order valence-corrected chi connectivity index (χ2v) is 11.3. The third-order valence-electron chi connectivity index (χ3n) is 5.29. The summed E-state index contributed by atoms with van der Waals surface area (Å²) in [5.74, 6) is 0.131. The topological polar surface area (TPSA) is 66.5 Å². The minimum atomic E-state index is -4.66. The Kier molecular flexibility index (Phi) is 9.08. The van der Waals surface area contributed by atoms with E-state index >= 15 is 0 Å². The quantitative estimate of drug-likeness (QED) is 0.262. The number of carbonyl (C=O) groups excluding carboxylic acids is 1. The van der Waals surface area contributed by atoms with Crippen LogP contribution in [0, 0.1) is 13.8 Å². The maximum absolute atomic E-state index is 13.4. The zero-order valence-corrected chi connectivity index (χ0v) is 21.5. The third kappa shape index (κ3) is 7.51. The number of rotatable bonds is 10. The average molecular weight is 537 g/mol. The molecule has 0 aliphatic rings. The first-order valence-electron chi connectivity index (χ1n) is 11.2. The number of sulfonamides is 1. The van der Waals surface area contributed by atoms with Crippen molar-refractivity contribution >= 4 is 33.4 Å². The van der Waals surface area contributed by atoms with Crippen LogP contribution in [0.15, 0.2) is 82.6 Å². The van der Waals surface area contributed by atoms with Crippen molar-refractivity contribution in [3.05, 3.63) is 89.5 Å². The van der Waals surface area contributed by atoms with E-state index in [9.17, 15) is 26.4 Å². The first-order valence-corrected chi connectivity index (χ1v) is 13.6. The van der Waals surface area contributed by atoms with Gasteiger partial charge in [-0.05, 0) is 68.5 Å². The fourth-order valence-electron chi connectivity index (χ4n) is 3.30. The Morgan fingerprint density at radius 1 is 0.944 bits per heavy atom. The molecule has 0 aliphatic heterocycles. The third-order valence-corrected chi connectivity index (χ3v) is 8.18. The number of alkyl halides is 3. The summed E-state index contributed by atoms with van der Waals surface area (Å²) in [6.07, 6.45) is -4.02. The van der Waals surface area contributed by atoms with Crippen molar-refractivity contribution in [2.75, 3.05) is 23.1 Å². The molecule has 0 saturated heterocycles. The molecular formula is C26H27F3N2O3S2. The Labute approximate surface area is 213 Å². The number of carbonyl (C=O) groups is 1. The van der Waals surface area contributed by atoms with Gasteiger partial charge in [0.05, 0.1) is 16.1 Å². The number of benzene rings is 3. The van der Waals surface area contributed by atoms with Crippen molar-refractivity contribution in [1.29, 1.82) is 0 Å². The molecule has 36 heavy (non-hydrogen) atoms. The van der Waals surface area contributed by atoms with Crippen LogP contribution in [-0.4, -0.2) is 33.2 Å². The number of hydrogen-bond donors (Lipinski definition) is 1. The van der Waals surface area contributed by atoms with Crippen molar-refractivity contribution in [2.24, 2.45) is 0 Å². The number of amides is 1. The average Bonchev–Trinajstić information content (AvgIpc) is 2.83. The van der Waals surface area contributed by atoms with E-state index in [1.807, 2.05) is 31.2 Å². The van der Waals surface area contributed by atoms with Gasteiger partial charge in [-0.3, -0.25) is 9.10 Å². The Morgan fingerprint density at radius 3 is 2.17 bits per heavy atom. The first-order chi connectivity index (χ1) is 17.0. The van der Waals surface area contributed by atoms with E-state index < -0.39 is 34.2 Å². The van der Waals surface area contributed by atoms with Gasteiger partial charge in [-0.15, -0.1) is 11.8 Å². The Bertz CT molecular complexity index is 1280. The molecule has 0 aliphatic carbocycles. The molecule has 0 radical (unpaired) electrons. The maximum Gasteiger partial charge on any atom is 0.416 e. The molecule has 0 bridgehead atoms. The maximum atomic E-state index is 13.4. The summed E-state index contributed by atoms with van der Waals surface area (Å²) < 4.78 is 67.3. The molecule has 3 aromatic rings. The molecule has 0 aromatic heterocycles. The van der Waals surface area contributed by atoms with Crippen LogP contribution in [0.3, 0.4) is 0 Å². The van der Waals surface area contributed by atoms with Crippen LogP contribution < -0.4 is 9.62 Å². The number of halogens is 3. The van der Waals surface area contributed by atoms with E-state index in [-0.39, 0.29) is 10.6 Å². The van der Waals surface area contributed by atoms with Gasteiger partial charge < -0.3 is 5.32 Å². The molecule has 192 valence electrons. The van der Waals surface area contributed by atoms with E-state index in [0.29, 0.717) is 17.3 Å². The molecule has 0 fully saturated rings.